The number of thiazole rings is 1. The molecule has 1 unspecified atom stereocenters. The van der Waals surface area contributed by atoms with E-state index < -0.39 is 10.0 Å². The van der Waals surface area contributed by atoms with Crippen LogP contribution in [0, 0.1) is 0 Å². The Labute approximate surface area is 174 Å². The fraction of sp³-hybridized carbons (Fsp3) is 0.350. The maximum atomic E-state index is 11.9. The zero-order valence-corrected chi connectivity index (χ0v) is 18.2. The SMILES string of the molecule is CCC(CCCc1cc(OC)ccc1S(N)(=O)=O)c1nc2ccc(Cl)cc2s1. The second-order valence-corrected chi connectivity index (χ2v) is 9.71. The molecule has 0 saturated heterocycles. The summed E-state index contributed by atoms with van der Waals surface area (Å²) in [6, 6.07) is 10.6. The van der Waals surface area contributed by atoms with E-state index in [9.17, 15) is 8.42 Å². The number of fused-ring (bicyclic) bond motifs is 1. The molecule has 0 aliphatic heterocycles. The molecule has 0 fully saturated rings. The molecule has 0 bridgehead atoms. The Bertz CT molecular complexity index is 1080. The molecule has 0 aliphatic rings. The molecule has 150 valence electrons. The molecule has 1 aromatic heterocycles. The first kappa shape index (κ1) is 21.0. The third kappa shape index (κ3) is 4.84. The topological polar surface area (TPSA) is 82.3 Å². The predicted octanol–water partition coefficient (Wildman–Crippen LogP) is 5.12. The Hall–Kier alpha value is -1.67. The third-order valence-electron chi connectivity index (χ3n) is 4.78. The number of primary sulfonamides is 1. The molecule has 0 spiro atoms. The highest BCUT2D eigenvalue weighted by Gasteiger charge is 2.18. The molecule has 2 aromatic carbocycles. The van der Waals surface area contributed by atoms with Crippen molar-refractivity contribution in [3.8, 4) is 5.75 Å². The van der Waals surface area contributed by atoms with Crippen LogP contribution in [0.1, 0.15) is 42.7 Å². The first-order valence-electron chi connectivity index (χ1n) is 9.07. The lowest BCUT2D eigenvalue weighted by Gasteiger charge is -2.13. The van der Waals surface area contributed by atoms with E-state index >= 15 is 0 Å². The number of nitrogens with two attached hydrogens (primary N) is 1. The van der Waals surface area contributed by atoms with Crippen molar-refractivity contribution in [2.24, 2.45) is 5.14 Å². The Morgan fingerprint density at radius 2 is 2.04 bits per heavy atom. The molecule has 0 aliphatic carbocycles. The van der Waals surface area contributed by atoms with Crippen molar-refractivity contribution in [1.82, 2.24) is 4.98 Å². The van der Waals surface area contributed by atoms with Gasteiger partial charge in [-0.2, -0.15) is 0 Å². The molecule has 2 N–H and O–H groups in total. The molecular formula is C20H23ClN2O3S2. The van der Waals surface area contributed by atoms with E-state index in [0.29, 0.717) is 28.7 Å². The summed E-state index contributed by atoms with van der Waals surface area (Å²) in [6.07, 6.45) is 3.31. The van der Waals surface area contributed by atoms with Crippen LogP contribution in [0.5, 0.6) is 5.75 Å². The minimum Gasteiger partial charge on any atom is -0.497 e. The van der Waals surface area contributed by atoms with Gasteiger partial charge in [-0.3, -0.25) is 0 Å². The molecule has 0 saturated carbocycles. The van der Waals surface area contributed by atoms with Crippen LogP contribution < -0.4 is 9.88 Å². The van der Waals surface area contributed by atoms with Gasteiger partial charge in [0.15, 0.2) is 0 Å². The normalized spacial score (nSPS) is 13.0. The average Bonchev–Trinajstić information content (AvgIpc) is 3.07. The fourth-order valence-corrected chi connectivity index (χ4v) is 5.53. The predicted molar refractivity (Wildman–Crippen MR) is 115 cm³/mol. The van der Waals surface area contributed by atoms with E-state index in [1.54, 1.807) is 30.6 Å². The summed E-state index contributed by atoms with van der Waals surface area (Å²) in [7, 11) is -2.21. The number of aryl methyl sites for hydroxylation is 1. The molecule has 28 heavy (non-hydrogen) atoms. The zero-order valence-electron chi connectivity index (χ0n) is 15.8. The number of halogens is 1. The smallest absolute Gasteiger partial charge is 0.238 e. The summed E-state index contributed by atoms with van der Waals surface area (Å²) in [6.45, 7) is 2.14. The highest BCUT2D eigenvalue weighted by molar-refractivity contribution is 7.89. The van der Waals surface area contributed by atoms with Crippen molar-refractivity contribution in [1.29, 1.82) is 0 Å². The number of sulfonamides is 1. The minimum absolute atomic E-state index is 0.163. The number of nitrogens with zero attached hydrogens (tertiary/aromatic N) is 1. The van der Waals surface area contributed by atoms with Gasteiger partial charge in [-0.05, 0) is 67.6 Å². The molecule has 1 atom stereocenters. The highest BCUT2D eigenvalue weighted by Crippen LogP contribution is 2.34. The Kier molecular flexibility index (Phi) is 6.60. The van der Waals surface area contributed by atoms with Crippen LogP contribution in [-0.2, 0) is 16.4 Å². The van der Waals surface area contributed by atoms with Crippen molar-refractivity contribution in [3.63, 3.8) is 0 Å². The van der Waals surface area contributed by atoms with Gasteiger partial charge in [0.05, 0.1) is 27.2 Å². The van der Waals surface area contributed by atoms with Crippen molar-refractivity contribution in [2.75, 3.05) is 7.11 Å². The largest absolute Gasteiger partial charge is 0.497 e. The van der Waals surface area contributed by atoms with E-state index in [1.165, 1.54) is 6.07 Å². The van der Waals surface area contributed by atoms with Gasteiger partial charge in [0, 0.05) is 10.9 Å². The van der Waals surface area contributed by atoms with E-state index in [0.717, 1.165) is 34.5 Å². The number of hydrogen-bond donors (Lipinski definition) is 1. The van der Waals surface area contributed by atoms with Gasteiger partial charge >= 0.3 is 0 Å². The Morgan fingerprint density at radius 3 is 2.71 bits per heavy atom. The average molecular weight is 439 g/mol. The lowest BCUT2D eigenvalue weighted by molar-refractivity contribution is 0.413. The van der Waals surface area contributed by atoms with Crippen molar-refractivity contribution in [2.45, 2.75) is 43.4 Å². The van der Waals surface area contributed by atoms with Crippen LogP contribution in [-0.4, -0.2) is 20.5 Å². The van der Waals surface area contributed by atoms with E-state index in [4.69, 9.17) is 26.5 Å². The van der Waals surface area contributed by atoms with Gasteiger partial charge < -0.3 is 4.74 Å². The molecule has 8 heteroatoms. The fourth-order valence-electron chi connectivity index (χ4n) is 3.29. The maximum absolute atomic E-state index is 11.9. The van der Waals surface area contributed by atoms with Gasteiger partial charge in [-0.15, -0.1) is 11.3 Å². The maximum Gasteiger partial charge on any atom is 0.238 e. The van der Waals surface area contributed by atoms with Crippen molar-refractivity contribution < 1.29 is 13.2 Å². The van der Waals surface area contributed by atoms with Gasteiger partial charge in [0.25, 0.3) is 0 Å². The number of aromatic nitrogens is 1. The summed E-state index contributed by atoms with van der Waals surface area (Å²) in [5, 5.41) is 7.17. The number of rotatable bonds is 8. The van der Waals surface area contributed by atoms with Crippen LogP contribution >= 0.6 is 22.9 Å². The number of hydrogen-bond acceptors (Lipinski definition) is 5. The molecule has 5 nitrogen and oxygen atoms in total. The van der Waals surface area contributed by atoms with E-state index in [1.807, 2.05) is 18.2 Å². The number of ether oxygens (including phenoxy) is 1. The van der Waals surface area contributed by atoms with Crippen LogP contribution in [0.2, 0.25) is 5.02 Å². The standard InChI is InChI=1S/C20H23ClN2O3S2/c1-3-13(20-23-17-9-7-15(21)12-18(17)27-20)5-4-6-14-11-16(26-2)8-10-19(14)28(22,24)25/h7-13H,3-6H2,1-2H3,(H2,22,24,25). The lowest BCUT2D eigenvalue weighted by atomic mass is 9.97. The summed E-state index contributed by atoms with van der Waals surface area (Å²) in [5.74, 6) is 0.942. The van der Waals surface area contributed by atoms with Crippen LogP contribution in [0.3, 0.4) is 0 Å². The first-order chi connectivity index (χ1) is 13.3. The lowest BCUT2D eigenvalue weighted by Crippen LogP contribution is -2.14. The third-order valence-corrected chi connectivity index (χ3v) is 7.21. The van der Waals surface area contributed by atoms with Gasteiger partial charge in [-0.1, -0.05) is 18.5 Å². The second-order valence-electron chi connectivity index (χ2n) is 6.68. The molecule has 3 aromatic rings. The summed E-state index contributed by atoms with van der Waals surface area (Å²) >= 11 is 7.75. The second kappa shape index (κ2) is 8.78. The summed E-state index contributed by atoms with van der Waals surface area (Å²) in [5.41, 5.74) is 1.65. The molecular weight excluding hydrogens is 416 g/mol. The Balaban J connectivity index is 1.75. The highest BCUT2D eigenvalue weighted by atomic mass is 35.5. The number of methoxy groups -OCH3 is 1. The van der Waals surface area contributed by atoms with E-state index in [-0.39, 0.29) is 4.90 Å². The summed E-state index contributed by atoms with van der Waals surface area (Å²) in [4.78, 5) is 4.92. The van der Waals surface area contributed by atoms with Gasteiger partial charge in [0.1, 0.15) is 5.75 Å². The van der Waals surface area contributed by atoms with Crippen LogP contribution in [0.4, 0.5) is 0 Å². The van der Waals surface area contributed by atoms with Crippen molar-refractivity contribution in [3.05, 3.63) is 52.0 Å². The van der Waals surface area contributed by atoms with Gasteiger partial charge in [-0.25, -0.2) is 18.5 Å². The van der Waals surface area contributed by atoms with Gasteiger partial charge in [0.2, 0.25) is 10.0 Å². The quantitative estimate of drug-likeness (QED) is 0.529. The molecule has 3 rings (SSSR count). The van der Waals surface area contributed by atoms with Crippen molar-refractivity contribution >= 4 is 43.2 Å². The monoisotopic (exact) mass is 438 g/mol. The van der Waals surface area contributed by atoms with Crippen LogP contribution in [0.15, 0.2) is 41.3 Å². The molecule has 0 amide bonds. The first-order valence-corrected chi connectivity index (χ1v) is 11.8. The summed E-state index contributed by atoms with van der Waals surface area (Å²) < 4.78 is 30.1. The number of benzene rings is 2. The van der Waals surface area contributed by atoms with E-state index in [2.05, 4.69) is 6.92 Å². The minimum atomic E-state index is -3.77. The zero-order chi connectivity index (χ0) is 20.3. The molecule has 0 radical (unpaired) electrons. The van der Waals surface area contributed by atoms with Crippen LogP contribution in [0.25, 0.3) is 10.2 Å². The molecule has 1 heterocycles. The Morgan fingerprint density at radius 1 is 1.25 bits per heavy atom.